The lowest BCUT2D eigenvalue weighted by molar-refractivity contribution is 0.774. The summed E-state index contributed by atoms with van der Waals surface area (Å²) in [4.78, 5) is 4.68. The van der Waals surface area contributed by atoms with Crippen molar-refractivity contribution < 1.29 is 0 Å². The van der Waals surface area contributed by atoms with E-state index < -0.39 is 0 Å². The Balaban J connectivity index is 1.89. The lowest BCUT2D eigenvalue weighted by atomic mass is 10.0. The van der Waals surface area contributed by atoms with Crippen LogP contribution in [0.25, 0.3) is 11.1 Å². The summed E-state index contributed by atoms with van der Waals surface area (Å²) in [5, 5.41) is 3.44. The number of para-hydroxylation sites is 1. The van der Waals surface area contributed by atoms with Gasteiger partial charge in [0.2, 0.25) is 0 Å². The zero-order chi connectivity index (χ0) is 12.9. The Labute approximate surface area is 114 Å². The van der Waals surface area contributed by atoms with Gasteiger partial charge in [-0.05, 0) is 31.0 Å². The third kappa shape index (κ3) is 2.91. The molecule has 0 saturated carbocycles. The molecule has 1 saturated heterocycles. The van der Waals surface area contributed by atoms with Crippen LogP contribution in [0.3, 0.4) is 0 Å². The van der Waals surface area contributed by atoms with Gasteiger partial charge in [-0.1, -0.05) is 48.5 Å². The molecule has 1 atom stereocenters. The smallest absolute Gasteiger partial charge is 0.0704 e. The average molecular weight is 250 g/mol. The van der Waals surface area contributed by atoms with Gasteiger partial charge in [-0.15, -0.1) is 0 Å². The molecule has 2 nitrogen and oxygen atoms in total. The Bertz CT molecular complexity index is 554. The maximum atomic E-state index is 4.68. The van der Waals surface area contributed by atoms with Crippen LogP contribution in [-0.2, 0) is 0 Å². The van der Waals surface area contributed by atoms with Crippen LogP contribution in [-0.4, -0.2) is 18.8 Å². The molecular formula is C17H18N2. The van der Waals surface area contributed by atoms with Crippen LogP contribution >= 0.6 is 0 Å². The first-order valence-corrected chi connectivity index (χ1v) is 6.85. The first-order chi connectivity index (χ1) is 9.43. The van der Waals surface area contributed by atoms with E-state index in [4.69, 9.17) is 0 Å². The van der Waals surface area contributed by atoms with Crippen molar-refractivity contribution in [3.63, 3.8) is 0 Å². The molecule has 1 aliphatic heterocycles. The van der Waals surface area contributed by atoms with Crippen molar-refractivity contribution in [2.45, 2.75) is 18.9 Å². The molecule has 19 heavy (non-hydrogen) atoms. The van der Waals surface area contributed by atoms with Crippen LogP contribution in [0.5, 0.6) is 0 Å². The largest absolute Gasteiger partial charge is 0.309 e. The van der Waals surface area contributed by atoms with E-state index in [0.717, 1.165) is 12.2 Å². The van der Waals surface area contributed by atoms with Gasteiger partial charge in [-0.3, -0.25) is 4.99 Å². The second kappa shape index (κ2) is 5.81. The van der Waals surface area contributed by atoms with Crippen LogP contribution in [0.2, 0.25) is 0 Å². The SMILES string of the molecule is C(=Nc1ccccc1-c1ccccc1)C1CCCN1. The van der Waals surface area contributed by atoms with Crippen LogP contribution in [0.1, 0.15) is 12.8 Å². The number of hydrogen-bond acceptors (Lipinski definition) is 2. The van der Waals surface area contributed by atoms with E-state index in [1.807, 2.05) is 12.1 Å². The molecule has 1 fully saturated rings. The Morgan fingerprint density at radius 1 is 1.00 bits per heavy atom. The molecule has 0 aliphatic carbocycles. The summed E-state index contributed by atoms with van der Waals surface area (Å²) >= 11 is 0. The fourth-order valence-electron chi connectivity index (χ4n) is 2.46. The Morgan fingerprint density at radius 3 is 2.58 bits per heavy atom. The predicted molar refractivity (Wildman–Crippen MR) is 81.1 cm³/mol. The van der Waals surface area contributed by atoms with E-state index in [-0.39, 0.29) is 0 Å². The van der Waals surface area contributed by atoms with Gasteiger partial charge in [0.1, 0.15) is 0 Å². The number of nitrogens with one attached hydrogen (secondary N) is 1. The summed E-state index contributed by atoms with van der Waals surface area (Å²) in [6, 6.07) is 19.2. The van der Waals surface area contributed by atoms with E-state index >= 15 is 0 Å². The van der Waals surface area contributed by atoms with Crippen molar-refractivity contribution in [1.29, 1.82) is 0 Å². The van der Waals surface area contributed by atoms with Crippen molar-refractivity contribution in [2.24, 2.45) is 4.99 Å². The molecule has 0 radical (unpaired) electrons. The average Bonchev–Trinajstić information content (AvgIpc) is 3.00. The van der Waals surface area contributed by atoms with Crippen LogP contribution in [0.4, 0.5) is 5.69 Å². The number of rotatable bonds is 3. The molecule has 2 aromatic carbocycles. The van der Waals surface area contributed by atoms with E-state index in [1.165, 1.54) is 24.0 Å². The van der Waals surface area contributed by atoms with Gasteiger partial charge in [0.25, 0.3) is 0 Å². The third-order valence-electron chi connectivity index (χ3n) is 3.48. The van der Waals surface area contributed by atoms with Gasteiger partial charge >= 0.3 is 0 Å². The van der Waals surface area contributed by atoms with Crippen molar-refractivity contribution in [3.8, 4) is 11.1 Å². The minimum Gasteiger partial charge on any atom is -0.309 e. The topological polar surface area (TPSA) is 24.4 Å². The van der Waals surface area contributed by atoms with Crippen molar-refractivity contribution in [2.75, 3.05) is 6.54 Å². The summed E-state index contributed by atoms with van der Waals surface area (Å²) in [6.45, 7) is 1.11. The van der Waals surface area contributed by atoms with Crippen LogP contribution in [0, 0.1) is 0 Å². The Morgan fingerprint density at radius 2 is 1.79 bits per heavy atom. The molecular weight excluding hydrogens is 232 g/mol. The van der Waals surface area contributed by atoms with Gasteiger partial charge in [0, 0.05) is 17.8 Å². The first kappa shape index (κ1) is 12.1. The monoisotopic (exact) mass is 250 g/mol. The zero-order valence-corrected chi connectivity index (χ0v) is 10.9. The molecule has 96 valence electrons. The van der Waals surface area contributed by atoms with Crippen LogP contribution < -0.4 is 5.32 Å². The molecule has 1 N–H and O–H groups in total. The third-order valence-corrected chi connectivity index (χ3v) is 3.48. The number of hydrogen-bond donors (Lipinski definition) is 1. The van der Waals surface area contributed by atoms with E-state index in [0.29, 0.717) is 6.04 Å². The summed E-state index contributed by atoms with van der Waals surface area (Å²) in [5.41, 5.74) is 3.45. The summed E-state index contributed by atoms with van der Waals surface area (Å²) in [5.74, 6) is 0. The number of aliphatic imine (C=N–C) groups is 1. The maximum Gasteiger partial charge on any atom is 0.0704 e. The number of nitrogens with zero attached hydrogens (tertiary/aromatic N) is 1. The molecule has 1 heterocycles. The fraction of sp³-hybridized carbons (Fsp3) is 0.235. The van der Waals surface area contributed by atoms with Crippen molar-refractivity contribution >= 4 is 11.9 Å². The van der Waals surface area contributed by atoms with E-state index in [2.05, 4.69) is 59.0 Å². The van der Waals surface area contributed by atoms with Gasteiger partial charge in [-0.2, -0.15) is 0 Å². The standard InChI is InChI=1S/C17H18N2/c1-2-7-14(8-3-1)16-10-4-5-11-17(16)19-13-15-9-6-12-18-15/h1-5,7-8,10-11,13,15,18H,6,9,12H2. The zero-order valence-electron chi connectivity index (χ0n) is 10.9. The molecule has 1 unspecified atom stereocenters. The van der Waals surface area contributed by atoms with E-state index in [1.54, 1.807) is 0 Å². The van der Waals surface area contributed by atoms with Gasteiger partial charge < -0.3 is 5.32 Å². The van der Waals surface area contributed by atoms with Gasteiger partial charge in [-0.25, -0.2) is 0 Å². The predicted octanol–water partition coefficient (Wildman–Crippen LogP) is 3.81. The molecule has 0 aromatic heterocycles. The lowest BCUT2D eigenvalue weighted by Gasteiger charge is -2.07. The molecule has 2 aromatic rings. The van der Waals surface area contributed by atoms with Crippen molar-refractivity contribution in [1.82, 2.24) is 5.32 Å². The highest BCUT2D eigenvalue weighted by molar-refractivity contribution is 5.80. The molecule has 1 aliphatic rings. The number of benzene rings is 2. The maximum absolute atomic E-state index is 4.68. The summed E-state index contributed by atoms with van der Waals surface area (Å²) in [7, 11) is 0. The molecule has 0 spiro atoms. The molecule has 0 amide bonds. The highest BCUT2D eigenvalue weighted by atomic mass is 14.9. The Hall–Kier alpha value is -1.93. The first-order valence-electron chi connectivity index (χ1n) is 6.85. The van der Waals surface area contributed by atoms with E-state index in [9.17, 15) is 0 Å². The second-order valence-corrected chi connectivity index (χ2v) is 4.86. The summed E-state index contributed by atoms with van der Waals surface area (Å²) < 4.78 is 0. The second-order valence-electron chi connectivity index (χ2n) is 4.86. The lowest BCUT2D eigenvalue weighted by Crippen LogP contribution is -2.22. The Kier molecular flexibility index (Phi) is 3.70. The molecule has 0 bridgehead atoms. The minimum absolute atomic E-state index is 0.434. The fourth-order valence-corrected chi connectivity index (χ4v) is 2.46. The highest BCUT2D eigenvalue weighted by Crippen LogP contribution is 2.29. The van der Waals surface area contributed by atoms with Gasteiger partial charge in [0.15, 0.2) is 0 Å². The molecule has 3 rings (SSSR count). The van der Waals surface area contributed by atoms with Crippen LogP contribution in [0.15, 0.2) is 59.6 Å². The highest BCUT2D eigenvalue weighted by Gasteiger charge is 2.11. The van der Waals surface area contributed by atoms with Gasteiger partial charge in [0.05, 0.1) is 5.69 Å². The summed E-state index contributed by atoms with van der Waals surface area (Å²) in [6.07, 6.45) is 4.49. The normalized spacial score (nSPS) is 19.1. The van der Waals surface area contributed by atoms with Crippen molar-refractivity contribution in [3.05, 3.63) is 54.6 Å². The minimum atomic E-state index is 0.434. The molecule has 2 heteroatoms. The quantitative estimate of drug-likeness (QED) is 0.823.